The Labute approximate surface area is 240 Å². The van der Waals surface area contributed by atoms with Crippen LogP contribution in [0.3, 0.4) is 0 Å². The van der Waals surface area contributed by atoms with E-state index in [1.807, 2.05) is 19.9 Å². The van der Waals surface area contributed by atoms with Crippen molar-refractivity contribution < 1.29 is 24.4 Å². The first-order valence-corrected chi connectivity index (χ1v) is 13.7. The second-order valence-electron chi connectivity index (χ2n) is 10.0. The summed E-state index contributed by atoms with van der Waals surface area (Å²) in [6.45, 7) is 8.07. The number of rotatable bonds is 15. The molecule has 1 aromatic carbocycles. The molecule has 12 heteroatoms. The summed E-state index contributed by atoms with van der Waals surface area (Å²) >= 11 is 12.1. The second kappa shape index (κ2) is 17.8. The van der Waals surface area contributed by atoms with Crippen LogP contribution in [0.5, 0.6) is 0 Å². The minimum absolute atomic E-state index is 0.0120. The molecule has 0 fully saturated rings. The Kier molecular flexibility index (Phi) is 15.7. The number of amides is 3. The Morgan fingerprint density at radius 2 is 1.79 bits per heavy atom. The number of halogens is 2. The van der Waals surface area contributed by atoms with E-state index in [-0.39, 0.29) is 47.1 Å². The fourth-order valence-electron chi connectivity index (χ4n) is 3.53. The van der Waals surface area contributed by atoms with Gasteiger partial charge in [0.2, 0.25) is 0 Å². The van der Waals surface area contributed by atoms with Gasteiger partial charge in [0.15, 0.2) is 0 Å². The molecule has 39 heavy (non-hydrogen) atoms. The number of allylic oxidation sites excluding steroid dienone is 1. The summed E-state index contributed by atoms with van der Waals surface area (Å²) in [5, 5.41) is 34.3. The molecule has 212 valence electrons. The van der Waals surface area contributed by atoms with Gasteiger partial charge in [-0.05, 0) is 68.6 Å². The summed E-state index contributed by atoms with van der Waals surface area (Å²) in [7, 11) is -1.91. The zero-order chi connectivity index (χ0) is 29.5. The fourth-order valence-corrected chi connectivity index (χ4v) is 3.91. The van der Waals surface area contributed by atoms with E-state index in [0.717, 1.165) is 6.42 Å². The molecule has 1 atom stereocenters. The predicted octanol–water partition coefficient (Wildman–Crippen LogP) is 4.29. The summed E-state index contributed by atoms with van der Waals surface area (Å²) < 4.78 is 0. The fraction of sp³-hybridized carbons (Fsp3) is 0.519. The Morgan fingerprint density at radius 1 is 1.10 bits per heavy atom. The van der Waals surface area contributed by atoms with Crippen LogP contribution in [0.4, 0.5) is 0 Å². The third-order valence-electron chi connectivity index (χ3n) is 5.61. The second-order valence-corrected chi connectivity index (χ2v) is 10.9. The molecule has 0 spiro atoms. The van der Waals surface area contributed by atoms with E-state index in [9.17, 15) is 29.7 Å². The quantitative estimate of drug-likeness (QED) is 0.0800. The smallest absolute Gasteiger partial charge is 0.422 e. The van der Waals surface area contributed by atoms with Crippen molar-refractivity contribution in [3.63, 3.8) is 0 Å². The van der Waals surface area contributed by atoms with Gasteiger partial charge >= 0.3 is 7.12 Å². The van der Waals surface area contributed by atoms with Crippen LogP contribution >= 0.6 is 23.2 Å². The third kappa shape index (κ3) is 13.3. The summed E-state index contributed by atoms with van der Waals surface area (Å²) in [5.74, 6) is -1.36. The standard InChI is InChI=1S/C27H37BCl2N4O5/c1-17(2)8-7-9-19(16-31)25(35)32-13-6-5-10-23(27(37)34-24(28(38)39)14-18(3)4)33-26(36)21-15-20(29)11-12-22(21)30/h9,11-12,15,17-18,23,38-39H,5-8,10,13-14H2,1-4H3,(H,32,35)(H,33,36)/b19-9+,34-24?/t23-/m0/s1. The summed E-state index contributed by atoms with van der Waals surface area (Å²) in [6.07, 6.45) is 4.35. The molecular weight excluding hydrogens is 542 g/mol. The van der Waals surface area contributed by atoms with Gasteiger partial charge in [-0.1, -0.05) is 57.0 Å². The molecule has 3 amide bonds. The summed E-state index contributed by atoms with van der Waals surface area (Å²) in [5.41, 5.74) is 0.0376. The molecule has 0 aliphatic heterocycles. The molecule has 0 bridgehead atoms. The van der Waals surface area contributed by atoms with Crippen molar-refractivity contribution in [2.24, 2.45) is 16.8 Å². The molecular formula is C27H37BCl2N4O5. The van der Waals surface area contributed by atoms with E-state index < -0.39 is 30.9 Å². The topological polar surface area (TPSA) is 152 Å². The van der Waals surface area contributed by atoms with E-state index in [1.165, 1.54) is 18.2 Å². The number of hydrogen-bond donors (Lipinski definition) is 4. The zero-order valence-corrected chi connectivity index (χ0v) is 24.3. The van der Waals surface area contributed by atoms with E-state index in [4.69, 9.17) is 23.2 Å². The third-order valence-corrected chi connectivity index (χ3v) is 6.17. The Morgan fingerprint density at radius 3 is 2.38 bits per heavy atom. The number of benzene rings is 1. The first-order chi connectivity index (χ1) is 18.3. The molecule has 0 aliphatic rings. The molecule has 0 unspecified atom stereocenters. The predicted molar refractivity (Wildman–Crippen MR) is 154 cm³/mol. The molecule has 0 aliphatic carbocycles. The summed E-state index contributed by atoms with van der Waals surface area (Å²) in [6, 6.07) is 5.20. The number of carbonyl (C=O) groups is 3. The first-order valence-electron chi connectivity index (χ1n) is 13.0. The Bertz CT molecular complexity index is 1100. The Hall–Kier alpha value is -2.71. The SMILES string of the molecule is CC(C)CC/C=C(\C#N)C(=O)NCCCC[C@H](NC(=O)c1cc(Cl)ccc1Cl)C(=O)N=C(CC(C)C)B(O)O. The van der Waals surface area contributed by atoms with Crippen LogP contribution in [0.2, 0.25) is 10.0 Å². The minimum Gasteiger partial charge on any atom is -0.422 e. The maximum atomic E-state index is 13.0. The zero-order valence-electron chi connectivity index (χ0n) is 22.8. The summed E-state index contributed by atoms with van der Waals surface area (Å²) in [4.78, 5) is 42.1. The van der Waals surface area contributed by atoms with Crippen molar-refractivity contribution in [3.8, 4) is 6.07 Å². The van der Waals surface area contributed by atoms with Crippen molar-refractivity contribution >= 4 is 53.7 Å². The van der Waals surface area contributed by atoms with Crippen LogP contribution in [0.1, 0.15) is 76.6 Å². The highest BCUT2D eigenvalue weighted by atomic mass is 35.5. The van der Waals surface area contributed by atoms with Crippen LogP contribution in [0.15, 0.2) is 34.8 Å². The van der Waals surface area contributed by atoms with Gasteiger partial charge in [0.05, 0.1) is 16.2 Å². The Balaban J connectivity index is 2.91. The van der Waals surface area contributed by atoms with Crippen LogP contribution in [0, 0.1) is 23.2 Å². The van der Waals surface area contributed by atoms with Gasteiger partial charge in [0, 0.05) is 11.6 Å². The normalized spacial score (nSPS) is 12.7. The average Bonchev–Trinajstić information content (AvgIpc) is 2.85. The molecule has 0 saturated heterocycles. The average molecular weight is 579 g/mol. The van der Waals surface area contributed by atoms with Gasteiger partial charge in [-0.25, -0.2) is 4.99 Å². The van der Waals surface area contributed by atoms with E-state index in [1.54, 1.807) is 6.08 Å². The minimum atomic E-state index is -1.91. The first kappa shape index (κ1) is 34.3. The highest BCUT2D eigenvalue weighted by Crippen LogP contribution is 2.21. The molecule has 0 heterocycles. The molecule has 0 saturated carbocycles. The molecule has 9 nitrogen and oxygen atoms in total. The van der Waals surface area contributed by atoms with Crippen molar-refractivity contribution in [3.05, 3.63) is 45.5 Å². The van der Waals surface area contributed by atoms with E-state index >= 15 is 0 Å². The number of nitriles is 1. The number of unbranched alkanes of at least 4 members (excludes halogenated alkanes) is 1. The van der Waals surface area contributed by atoms with Gasteiger partial charge in [-0.2, -0.15) is 5.26 Å². The van der Waals surface area contributed by atoms with Crippen molar-refractivity contribution in [1.29, 1.82) is 5.26 Å². The molecule has 1 rings (SSSR count). The number of nitrogens with one attached hydrogen (secondary N) is 2. The van der Waals surface area contributed by atoms with Crippen molar-refractivity contribution in [2.75, 3.05) is 6.54 Å². The van der Waals surface area contributed by atoms with Crippen LogP contribution < -0.4 is 10.6 Å². The maximum absolute atomic E-state index is 13.0. The number of nitrogens with zero attached hydrogens (tertiary/aromatic N) is 2. The lowest BCUT2D eigenvalue weighted by molar-refractivity contribution is -0.120. The molecule has 1 aromatic rings. The van der Waals surface area contributed by atoms with Gasteiger partial charge in [0.1, 0.15) is 17.7 Å². The van der Waals surface area contributed by atoms with Crippen LogP contribution in [0.25, 0.3) is 0 Å². The van der Waals surface area contributed by atoms with E-state index in [0.29, 0.717) is 30.2 Å². The van der Waals surface area contributed by atoms with Crippen LogP contribution in [-0.2, 0) is 9.59 Å². The number of hydrogen-bond acceptors (Lipinski definition) is 6. The van der Waals surface area contributed by atoms with Gasteiger partial charge in [0.25, 0.3) is 17.7 Å². The van der Waals surface area contributed by atoms with Gasteiger partial charge < -0.3 is 20.7 Å². The largest absolute Gasteiger partial charge is 0.503 e. The van der Waals surface area contributed by atoms with Gasteiger partial charge in [-0.15, -0.1) is 0 Å². The lowest BCUT2D eigenvalue weighted by atomic mass is 9.78. The lowest BCUT2D eigenvalue weighted by Gasteiger charge is -2.17. The molecule has 4 N–H and O–H groups in total. The van der Waals surface area contributed by atoms with Gasteiger partial charge in [-0.3, -0.25) is 14.4 Å². The lowest BCUT2D eigenvalue weighted by Crippen LogP contribution is -2.41. The maximum Gasteiger partial charge on any atom is 0.503 e. The van der Waals surface area contributed by atoms with Crippen molar-refractivity contribution in [2.45, 2.75) is 72.3 Å². The molecule has 0 radical (unpaired) electrons. The highest BCUT2D eigenvalue weighted by molar-refractivity contribution is 6.80. The monoisotopic (exact) mass is 578 g/mol. The van der Waals surface area contributed by atoms with E-state index in [2.05, 4.69) is 29.5 Å². The van der Waals surface area contributed by atoms with Crippen LogP contribution in [-0.4, -0.2) is 53.1 Å². The highest BCUT2D eigenvalue weighted by Gasteiger charge is 2.26. The number of aliphatic imine (C=N–C) groups is 1. The molecule has 0 aromatic heterocycles. The van der Waals surface area contributed by atoms with Crippen molar-refractivity contribution in [1.82, 2.24) is 10.6 Å². The number of carbonyl (C=O) groups excluding carboxylic acids is 3.